The molecule has 29 heavy (non-hydrogen) atoms. The van der Waals surface area contributed by atoms with Crippen LogP contribution < -0.4 is 10.6 Å². The van der Waals surface area contributed by atoms with E-state index in [0.717, 1.165) is 30.3 Å². The molecule has 1 aliphatic heterocycles. The predicted octanol–water partition coefficient (Wildman–Crippen LogP) is 4.29. The van der Waals surface area contributed by atoms with Crippen LogP contribution in [0.5, 0.6) is 5.75 Å². The first-order chi connectivity index (χ1) is 13.9. The highest BCUT2D eigenvalue weighted by molar-refractivity contribution is 5.67. The molecule has 2 aromatic carbocycles. The maximum Gasteiger partial charge on any atom is 0.348 e. The first-order valence-corrected chi connectivity index (χ1v) is 10.3. The molecule has 3 aromatic rings. The van der Waals surface area contributed by atoms with Gasteiger partial charge in [-0.2, -0.15) is 5.10 Å². The summed E-state index contributed by atoms with van der Waals surface area (Å²) in [7, 11) is 0. The number of phenolic OH excluding ortho intramolecular Hbond substituents is 1. The van der Waals surface area contributed by atoms with Crippen LogP contribution in [-0.2, 0) is 0 Å². The summed E-state index contributed by atoms with van der Waals surface area (Å²) in [5.41, 5.74) is 3.19. The summed E-state index contributed by atoms with van der Waals surface area (Å²) >= 11 is 0. The van der Waals surface area contributed by atoms with Crippen molar-refractivity contribution in [3.8, 4) is 22.8 Å². The summed E-state index contributed by atoms with van der Waals surface area (Å²) < 4.78 is 1.52. The number of H-pyrrole nitrogens is 1. The normalized spacial score (nSPS) is 15.2. The summed E-state index contributed by atoms with van der Waals surface area (Å²) in [6.45, 7) is 8.61. The van der Waals surface area contributed by atoms with Crippen LogP contribution in [0.4, 0.5) is 5.69 Å². The molecule has 0 amide bonds. The van der Waals surface area contributed by atoms with Crippen molar-refractivity contribution >= 4 is 5.69 Å². The van der Waals surface area contributed by atoms with Gasteiger partial charge in [-0.15, -0.1) is 0 Å². The molecule has 1 aliphatic rings. The number of benzene rings is 2. The Bertz CT molecular complexity index is 1040. The summed E-state index contributed by atoms with van der Waals surface area (Å²) in [4.78, 5) is 14.9. The summed E-state index contributed by atoms with van der Waals surface area (Å²) in [5.74, 6) is 1.61. The Morgan fingerprint density at radius 2 is 1.72 bits per heavy atom. The largest absolute Gasteiger partial charge is 0.507 e. The molecular weight excluding hydrogens is 364 g/mol. The van der Waals surface area contributed by atoms with E-state index in [9.17, 15) is 9.90 Å². The molecule has 0 unspecified atom stereocenters. The molecule has 0 radical (unpaired) electrons. The lowest BCUT2D eigenvalue weighted by molar-refractivity contribution is 0.438. The fourth-order valence-corrected chi connectivity index (χ4v) is 3.89. The fourth-order valence-electron chi connectivity index (χ4n) is 3.89. The number of piperidine rings is 1. The number of aromatic nitrogens is 3. The first-order valence-electron chi connectivity index (χ1n) is 10.3. The fraction of sp³-hybridized carbons (Fsp3) is 0.391. The smallest absolute Gasteiger partial charge is 0.348 e. The molecule has 1 saturated heterocycles. The Hall–Kier alpha value is -3.02. The quantitative estimate of drug-likeness (QED) is 0.694. The minimum absolute atomic E-state index is 0.105. The highest BCUT2D eigenvalue weighted by atomic mass is 16.3. The third-order valence-corrected chi connectivity index (χ3v) is 5.86. The van der Waals surface area contributed by atoms with Gasteiger partial charge in [-0.1, -0.05) is 26.8 Å². The molecular formula is C23H28N4O2. The first kappa shape index (κ1) is 19.3. The van der Waals surface area contributed by atoms with Gasteiger partial charge in [-0.3, -0.25) is 0 Å². The van der Waals surface area contributed by atoms with Crippen LogP contribution in [0.3, 0.4) is 0 Å². The monoisotopic (exact) mass is 392 g/mol. The van der Waals surface area contributed by atoms with Gasteiger partial charge in [0.05, 0.1) is 11.3 Å². The Balaban J connectivity index is 1.70. The number of rotatable bonds is 4. The van der Waals surface area contributed by atoms with Crippen molar-refractivity contribution in [2.45, 2.75) is 39.5 Å². The van der Waals surface area contributed by atoms with E-state index in [1.54, 1.807) is 6.07 Å². The lowest BCUT2D eigenvalue weighted by atomic mass is 9.99. The summed E-state index contributed by atoms with van der Waals surface area (Å²) in [6, 6.07) is 13.4. The second kappa shape index (κ2) is 7.78. The number of anilines is 1. The van der Waals surface area contributed by atoms with Crippen LogP contribution in [0.1, 0.15) is 45.1 Å². The van der Waals surface area contributed by atoms with Gasteiger partial charge in [-0.05, 0) is 66.6 Å². The SMILES string of the molecule is CC1CCN(c2ccc(-n3c(-c4cc(C(C)C)ccc4O)n[nH]c3=O)cc2)CC1. The lowest BCUT2D eigenvalue weighted by Crippen LogP contribution is -2.32. The molecule has 0 spiro atoms. The minimum Gasteiger partial charge on any atom is -0.507 e. The average Bonchev–Trinajstić information content (AvgIpc) is 3.10. The van der Waals surface area contributed by atoms with E-state index in [-0.39, 0.29) is 11.4 Å². The number of nitrogens with one attached hydrogen (secondary N) is 1. The molecule has 4 rings (SSSR count). The van der Waals surface area contributed by atoms with Gasteiger partial charge in [0, 0.05) is 18.8 Å². The molecule has 0 atom stereocenters. The molecule has 1 fully saturated rings. The summed E-state index contributed by atoms with van der Waals surface area (Å²) in [6.07, 6.45) is 2.41. The topological polar surface area (TPSA) is 74.2 Å². The molecule has 0 aliphatic carbocycles. The Morgan fingerprint density at radius 3 is 2.38 bits per heavy atom. The van der Waals surface area contributed by atoms with Crippen molar-refractivity contribution in [3.05, 3.63) is 58.5 Å². The van der Waals surface area contributed by atoms with Gasteiger partial charge in [0.1, 0.15) is 5.75 Å². The van der Waals surface area contributed by atoms with E-state index in [4.69, 9.17) is 0 Å². The number of nitrogens with zero attached hydrogens (tertiary/aromatic N) is 3. The molecule has 2 heterocycles. The van der Waals surface area contributed by atoms with Gasteiger partial charge in [0.2, 0.25) is 0 Å². The molecule has 2 N–H and O–H groups in total. The van der Waals surface area contributed by atoms with Crippen LogP contribution in [-0.4, -0.2) is 33.0 Å². The van der Waals surface area contributed by atoms with Crippen molar-refractivity contribution in [1.82, 2.24) is 14.8 Å². The Labute approximate surface area is 170 Å². The van der Waals surface area contributed by atoms with E-state index in [1.807, 2.05) is 24.3 Å². The lowest BCUT2D eigenvalue weighted by Gasteiger charge is -2.32. The van der Waals surface area contributed by atoms with Gasteiger partial charge in [0.25, 0.3) is 0 Å². The molecule has 0 bridgehead atoms. The second-order valence-electron chi connectivity index (χ2n) is 8.31. The Kier molecular flexibility index (Phi) is 5.18. The van der Waals surface area contributed by atoms with Crippen molar-refractivity contribution in [3.63, 3.8) is 0 Å². The zero-order valence-electron chi connectivity index (χ0n) is 17.2. The van der Waals surface area contributed by atoms with Crippen molar-refractivity contribution < 1.29 is 5.11 Å². The minimum atomic E-state index is -0.325. The van der Waals surface area contributed by atoms with E-state index in [1.165, 1.54) is 23.1 Å². The van der Waals surface area contributed by atoms with Crippen molar-refractivity contribution in [1.29, 1.82) is 0 Å². The van der Waals surface area contributed by atoms with Gasteiger partial charge in [-0.25, -0.2) is 14.5 Å². The number of hydrogen-bond donors (Lipinski definition) is 2. The second-order valence-corrected chi connectivity index (χ2v) is 8.31. The highest BCUT2D eigenvalue weighted by Gasteiger charge is 2.19. The highest BCUT2D eigenvalue weighted by Crippen LogP contribution is 2.32. The maximum absolute atomic E-state index is 12.5. The third-order valence-electron chi connectivity index (χ3n) is 5.86. The van der Waals surface area contributed by atoms with Gasteiger partial charge < -0.3 is 10.0 Å². The molecule has 6 nitrogen and oxygen atoms in total. The van der Waals surface area contributed by atoms with Crippen LogP contribution in [0.25, 0.3) is 17.1 Å². The van der Waals surface area contributed by atoms with E-state index >= 15 is 0 Å². The van der Waals surface area contributed by atoms with Crippen LogP contribution >= 0.6 is 0 Å². The summed E-state index contributed by atoms with van der Waals surface area (Å²) in [5, 5.41) is 17.1. The number of phenols is 1. The molecule has 152 valence electrons. The third kappa shape index (κ3) is 3.79. The van der Waals surface area contributed by atoms with Crippen LogP contribution in [0.15, 0.2) is 47.3 Å². The van der Waals surface area contributed by atoms with Gasteiger partial charge >= 0.3 is 5.69 Å². The molecule has 0 saturated carbocycles. The van der Waals surface area contributed by atoms with Crippen LogP contribution in [0.2, 0.25) is 0 Å². The molecule has 1 aromatic heterocycles. The maximum atomic E-state index is 12.5. The van der Waals surface area contributed by atoms with Crippen molar-refractivity contribution in [2.75, 3.05) is 18.0 Å². The zero-order valence-corrected chi connectivity index (χ0v) is 17.2. The molecule has 6 heteroatoms. The average molecular weight is 393 g/mol. The van der Waals surface area contributed by atoms with E-state index < -0.39 is 0 Å². The number of hydrogen-bond acceptors (Lipinski definition) is 4. The number of aromatic hydroxyl groups is 1. The zero-order chi connectivity index (χ0) is 20.5. The number of aromatic amines is 1. The van der Waals surface area contributed by atoms with E-state index in [2.05, 4.69) is 48.0 Å². The van der Waals surface area contributed by atoms with Gasteiger partial charge in [0.15, 0.2) is 5.82 Å². The van der Waals surface area contributed by atoms with E-state index in [0.29, 0.717) is 17.3 Å². The van der Waals surface area contributed by atoms with Crippen molar-refractivity contribution in [2.24, 2.45) is 5.92 Å². The Morgan fingerprint density at radius 1 is 1.07 bits per heavy atom. The standard InChI is InChI=1S/C23H28N4O2/c1-15(2)17-4-9-21(28)20(14-17)22-24-25-23(29)27(22)19-7-5-18(6-8-19)26-12-10-16(3)11-13-26/h4-9,14-16,28H,10-13H2,1-3H3,(H,25,29). The predicted molar refractivity (Wildman–Crippen MR) is 116 cm³/mol. The van der Waals surface area contributed by atoms with Crippen LogP contribution in [0, 0.1) is 5.92 Å².